The molecule has 0 radical (unpaired) electrons. The van der Waals surface area contributed by atoms with E-state index in [0.717, 1.165) is 30.7 Å². The maximum Gasteiger partial charge on any atom is 0.387 e. The molecule has 0 bridgehead atoms. The van der Waals surface area contributed by atoms with Gasteiger partial charge in [-0.2, -0.15) is 8.78 Å². The molecule has 0 saturated heterocycles. The standard InChI is InChI=1S/C24H35F3N2O/c1-7-9-10-11-18(4)23(29(6)14-12-19(5)28-13-8-2)22-20(25)15-17(3)16-21(22)30-24(26)27/h9-12,15-16,23-24,28H,7-8,13-14H2,1-6H3/b10-9-,18-11+,19-12+. The molecule has 0 heterocycles. The third-order valence-corrected chi connectivity index (χ3v) is 4.67. The molecular formula is C24H35F3N2O. The number of nitrogens with one attached hydrogen (secondary N) is 1. The summed E-state index contributed by atoms with van der Waals surface area (Å²) in [7, 11) is 1.85. The fraction of sp³-hybridized carbons (Fsp3) is 0.500. The molecule has 0 aliphatic rings. The smallest absolute Gasteiger partial charge is 0.387 e. The second-order valence-electron chi connectivity index (χ2n) is 7.44. The Labute approximate surface area is 179 Å². The van der Waals surface area contributed by atoms with Gasteiger partial charge in [0, 0.05) is 18.8 Å². The summed E-state index contributed by atoms with van der Waals surface area (Å²) in [5.74, 6) is -0.684. The van der Waals surface area contributed by atoms with Crippen LogP contribution in [0.3, 0.4) is 0 Å². The average molecular weight is 425 g/mol. The number of alkyl halides is 2. The highest BCUT2D eigenvalue weighted by atomic mass is 19.3. The number of halogens is 3. The van der Waals surface area contributed by atoms with Crippen LogP contribution in [-0.4, -0.2) is 31.6 Å². The summed E-state index contributed by atoms with van der Waals surface area (Å²) in [6.07, 6.45) is 9.67. The van der Waals surface area contributed by atoms with Crippen molar-refractivity contribution in [3.8, 4) is 5.75 Å². The highest BCUT2D eigenvalue weighted by Crippen LogP contribution is 2.37. The van der Waals surface area contributed by atoms with Gasteiger partial charge in [0.2, 0.25) is 0 Å². The van der Waals surface area contributed by atoms with Crippen LogP contribution in [0.25, 0.3) is 0 Å². The van der Waals surface area contributed by atoms with Crippen LogP contribution in [0.5, 0.6) is 5.75 Å². The van der Waals surface area contributed by atoms with Crippen molar-refractivity contribution in [2.24, 2.45) is 0 Å². The number of hydrogen-bond acceptors (Lipinski definition) is 3. The molecule has 0 spiro atoms. The highest BCUT2D eigenvalue weighted by molar-refractivity contribution is 5.44. The van der Waals surface area contributed by atoms with E-state index in [1.807, 2.05) is 57.0 Å². The van der Waals surface area contributed by atoms with E-state index >= 15 is 4.39 Å². The second kappa shape index (κ2) is 13.2. The van der Waals surface area contributed by atoms with E-state index < -0.39 is 18.5 Å². The van der Waals surface area contributed by atoms with E-state index in [2.05, 4.69) is 12.2 Å². The maximum atomic E-state index is 15.1. The molecule has 1 aromatic rings. The molecule has 0 fully saturated rings. The van der Waals surface area contributed by atoms with Crippen LogP contribution in [-0.2, 0) is 0 Å². The summed E-state index contributed by atoms with van der Waals surface area (Å²) < 4.78 is 45.9. The first kappa shape index (κ1) is 25.8. The maximum absolute atomic E-state index is 15.1. The number of nitrogens with zero attached hydrogens (tertiary/aromatic N) is 1. The molecule has 3 nitrogen and oxygen atoms in total. The van der Waals surface area contributed by atoms with Crippen LogP contribution in [0.2, 0.25) is 0 Å². The molecule has 0 aliphatic heterocycles. The topological polar surface area (TPSA) is 24.5 Å². The quantitative estimate of drug-likeness (QED) is 0.386. The van der Waals surface area contributed by atoms with Crippen LogP contribution in [0.1, 0.15) is 57.7 Å². The molecule has 6 heteroatoms. The van der Waals surface area contributed by atoms with Crippen LogP contribution >= 0.6 is 0 Å². The summed E-state index contributed by atoms with van der Waals surface area (Å²) >= 11 is 0. The van der Waals surface area contributed by atoms with Gasteiger partial charge in [-0.25, -0.2) is 4.39 Å². The lowest BCUT2D eigenvalue weighted by atomic mass is 9.95. The number of allylic oxidation sites excluding steroid dienone is 4. The van der Waals surface area contributed by atoms with Crippen LogP contribution in [0.15, 0.2) is 47.7 Å². The summed E-state index contributed by atoms with van der Waals surface area (Å²) in [5.41, 5.74) is 2.50. The van der Waals surface area contributed by atoms with Gasteiger partial charge in [0.1, 0.15) is 11.6 Å². The van der Waals surface area contributed by atoms with Crippen molar-refractivity contribution in [2.75, 3.05) is 20.1 Å². The largest absolute Gasteiger partial charge is 0.434 e. The zero-order valence-electron chi connectivity index (χ0n) is 18.9. The molecule has 0 aromatic heterocycles. The number of likely N-dealkylation sites (N-methyl/N-ethyl adjacent to an activating group) is 1. The monoisotopic (exact) mass is 424 g/mol. The first-order chi connectivity index (χ1) is 14.2. The van der Waals surface area contributed by atoms with Crippen LogP contribution in [0.4, 0.5) is 13.2 Å². The molecule has 0 amide bonds. The van der Waals surface area contributed by atoms with Crippen molar-refractivity contribution in [3.63, 3.8) is 0 Å². The average Bonchev–Trinajstić information content (AvgIpc) is 2.66. The van der Waals surface area contributed by atoms with E-state index in [-0.39, 0.29) is 11.3 Å². The van der Waals surface area contributed by atoms with Crippen molar-refractivity contribution in [3.05, 3.63) is 64.7 Å². The lowest BCUT2D eigenvalue weighted by Crippen LogP contribution is -2.28. The molecule has 1 atom stereocenters. The summed E-state index contributed by atoms with van der Waals surface area (Å²) in [4.78, 5) is 1.93. The number of ether oxygens (including phenoxy) is 1. The van der Waals surface area contributed by atoms with E-state index in [4.69, 9.17) is 4.74 Å². The third-order valence-electron chi connectivity index (χ3n) is 4.67. The van der Waals surface area contributed by atoms with Gasteiger partial charge < -0.3 is 10.1 Å². The van der Waals surface area contributed by atoms with Crippen molar-refractivity contribution >= 4 is 0 Å². The van der Waals surface area contributed by atoms with E-state index in [9.17, 15) is 8.78 Å². The molecule has 1 aromatic carbocycles. The Balaban J connectivity index is 3.41. The fourth-order valence-corrected chi connectivity index (χ4v) is 3.20. The Morgan fingerprint density at radius 1 is 1.23 bits per heavy atom. The summed E-state index contributed by atoms with van der Waals surface area (Å²) in [5, 5.41) is 3.30. The minimum absolute atomic E-state index is 0.120. The lowest BCUT2D eigenvalue weighted by Gasteiger charge is -2.30. The zero-order valence-corrected chi connectivity index (χ0v) is 18.9. The second-order valence-corrected chi connectivity index (χ2v) is 7.44. The van der Waals surface area contributed by atoms with Crippen molar-refractivity contribution in [1.82, 2.24) is 10.2 Å². The number of aryl methyl sites for hydroxylation is 1. The Bertz CT molecular complexity index is 757. The van der Waals surface area contributed by atoms with Gasteiger partial charge in [-0.3, -0.25) is 4.90 Å². The molecular weight excluding hydrogens is 389 g/mol. The van der Waals surface area contributed by atoms with Crippen molar-refractivity contribution in [1.29, 1.82) is 0 Å². The molecule has 1 rings (SSSR count). The van der Waals surface area contributed by atoms with Crippen LogP contribution in [0, 0.1) is 12.7 Å². The normalized spacial score (nSPS) is 14.1. The van der Waals surface area contributed by atoms with Gasteiger partial charge in [-0.05, 0) is 58.4 Å². The van der Waals surface area contributed by atoms with Crippen molar-refractivity contribution in [2.45, 2.75) is 60.1 Å². The van der Waals surface area contributed by atoms with Crippen molar-refractivity contribution < 1.29 is 17.9 Å². The lowest BCUT2D eigenvalue weighted by molar-refractivity contribution is -0.0512. The predicted molar refractivity (Wildman–Crippen MR) is 118 cm³/mol. The Morgan fingerprint density at radius 2 is 1.93 bits per heavy atom. The molecule has 0 aliphatic carbocycles. The highest BCUT2D eigenvalue weighted by Gasteiger charge is 2.27. The minimum Gasteiger partial charge on any atom is -0.434 e. The molecule has 0 saturated carbocycles. The number of benzene rings is 1. The van der Waals surface area contributed by atoms with E-state index in [1.54, 1.807) is 6.92 Å². The summed E-state index contributed by atoms with van der Waals surface area (Å²) in [6.45, 7) is 7.97. The predicted octanol–water partition coefficient (Wildman–Crippen LogP) is 6.52. The molecule has 30 heavy (non-hydrogen) atoms. The van der Waals surface area contributed by atoms with Gasteiger partial charge in [-0.1, -0.05) is 43.7 Å². The first-order valence-corrected chi connectivity index (χ1v) is 10.4. The third kappa shape index (κ3) is 8.27. The van der Waals surface area contributed by atoms with Gasteiger partial charge in [0.15, 0.2) is 0 Å². The molecule has 1 unspecified atom stereocenters. The van der Waals surface area contributed by atoms with Gasteiger partial charge in [0.25, 0.3) is 0 Å². The Morgan fingerprint density at radius 3 is 2.53 bits per heavy atom. The van der Waals surface area contributed by atoms with Gasteiger partial charge in [-0.15, -0.1) is 0 Å². The Kier molecular flexibility index (Phi) is 11.3. The molecule has 1 N–H and O–H groups in total. The van der Waals surface area contributed by atoms with Crippen LogP contribution < -0.4 is 10.1 Å². The van der Waals surface area contributed by atoms with E-state index in [0.29, 0.717) is 12.1 Å². The van der Waals surface area contributed by atoms with Gasteiger partial charge in [0.05, 0.1) is 11.6 Å². The SMILES string of the molecule is CC/C=C\C=C(/C)C(c1c(F)cc(C)cc1OC(F)F)N(C)C/C=C(\C)NCCC. The first-order valence-electron chi connectivity index (χ1n) is 10.4. The Hall–Kier alpha value is -2.21. The number of rotatable bonds is 12. The fourth-order valence-electron chi connectivity index (χ4n) is 3.20. The minimum atomic E-state index is -3.03. The van der Waals surface area contributed by atoms with Gasteiger partial charge >= 0.3 is 6.61 Å². The molecule has 168 valence electrons. The van der Waals surface area contributed by atoms with E-state index in [1.165, 1.54) is 12.1 Å². The summed E-state index contributed by atoms with van der Waals surface area (Å²) in [6, 6.07) is 2.26. The number of hydrogen-bond donors (Lipinski definition) is 1. The zero-order chi connectivity index (χ0) is 22.7.